The van der Waals surface area contributed by atoms with Gasteiger partial charge in [-0.15, -0.1) is 0 Å². The highest BCUT2D eigenvalue weighted by Gasteiger charge is 2.39. The maximum absolute atomic E-state index is 12.1. The molecule has 1 rings (SSSR count). The molecule has 0 heterocycles. The average molecular weight is 241 g/mol. The van der Waals surface area contributed by atoms with Gasteiger partial charge in [0, 0.05) is 12.6 Å². The molecule has 0 aromatic heterocycles. The zero-order chi connectivity index (χ0) is 12.2. The number of aliphatic hydroxyl groups is 1. The monoisotopic (exact) mass is 241 g/mol. The fourth-order valence-electron chi connectivity index (χ4n) is 2.16. The summed E-state index contributed by atoms with van der Waals surface area (Å²) >= 11 is 0. The van der Waals surface area contributed by atoms with Crippen LogP contribution in [0.2, 0.25) is 0 Å². The van der Waals surface area contributed by atoms with Crippen LogP contribution in [0.25, 0.3) is 0 Å². The predicted molar refractivity (Wildman–Crippen MR) is 53.1 cm³/mol. The van der Waals surface area contributed by atoms with Crippen molar-refractivity contribution in [3.63, 3.8) is 0 Å². The molecular weight excluding hydrogens is 223 g/mol. The van der Waals surface area contributed by atoms with E-state index in [1.165, 1.54) is 0 Å². The maximum atomic E-state index is 12.1. The standard InChI is InChI=1S/C10H18F3NO2/c1-16-8-3-2-4-9(5-8,7-15)14-6-10(11,12)13/h8,14-15H,2-7H2,1H3. The summed E-state index contributed by atoms with van der Waals surface area (Å²) in [5.74, 6) is 0. The molecule has 0 aromatic rings. The van der Waals surface area contributed by atoms with Gasteiger partial charge in [-0.3, -0.25) is 0 Å². The van der Waals surface area contributed by atoms with Crippen LogP contribution in [0.5, 0.6) is 0 Å². The summed E-state index contributed by atoms with van der Waals surface area (Å²) in [6.07, 6.45) is -1.73. The number of methoxy groups -OCH3 is 1. The van der Waals surface area contributed by atoms with Crippen LogP contribution in [0.4, 0.5) is 13.2 Å². The number of aliphatic hydroxyl groups excluding tert-OH is 1. The van der Waals surface area contributed by atoms with Crippen molar-refractivity contribution in [2.24, 2.45) is 0 Å². The molecule has 0 aliphatic heterocycles. The molecule has 96 valence electrons. The summed E-state index contributed by atoms with van der Waals surface area (Å²) < 4.78 is 41.5. The van der Waals surface area contributed by atoms with Crippen LogP contribution in [0.1, 0.15) is 25.7 Å². The molecule has 0 radical (unpaired) electrons. The molecule has 0 aromatic carbocycles. The first-order valence-electron chi connectivity index (χ1n) is 5.36. The summed E-state index contributed by atoms with van der Waals surface area (Å²) in [4.78, 5) is 0. The molecule has 16 heavy (non-hydrogen) atoms. The number of rotatable bonds is 4. The summed E-state index contributed by atoms with van der Waals surface area (Å²) in [6, 6.07) is 0. The highest BCUT2D eigenvalue weighted by atomic mass is 19.4. The van der Waals surface area contributed by atoms with Crippen molar-refractivity contribution in [1.29, 1.82) is 0 Å². The van der Waals surface area contributed by atoms with Gasteiger partial charge in [0.1, 0.15) is 0 Å². The lowest BCUT2D eigenvalue weighted by atomic mass is 9.80. The van der Waals surface area contributed by atoms with E-state index in [0.29, 0.717) is 12.8 Å². The highest BCUT2D eigenvalue weighted by Crippen LogP contribution is 2.30. The van der Waals surface area contributed by atoms with E-state index in [4.69, 9.17) is 4.74 Å². The van der Waals surface area contributed by atoms with E-state index < -0.39 is 18.3 Å². The van der Waals surface area contributed by atoms with E-state index >= 15 is 0 Å². The number of ether oxygens (including phenoxy) is 1. The van der Waals surface area contributed by atoms with Gasteiger partial charge in [-0.1, -0.05) is 0 Å². The first-order chi connectivity index (χ1) is 7.41. The molecular formula is C10H18F3NO2. The summed E-state index contributed by atoms with van der Waals surface area (Å²) in [7, 11) is 1.54. The normalized spacial score (nSPS) is 31.7. The van der Waals surface area contributed by atoms with Gasteiger partial charge in [-0.25, -0.2) is 0 Å². The fraction of sp³-hybridized carbons (Fsp3) is 1.00. The average Bonchev–Trinajstić information content (AvgIpc) is 2.26. The van der Waals surface area contributed by atoms with Crippen LogP contribution in [-0.4, -0.2) is 43.2 Å². The molecule has 0 spiro atoms. The Morgan fingerprint density at radius 1 is 1.50 bits per heavy atom. The zero-order valence-corrected chi connectivity index (χ0v) is 9.31. The topological polar surface area (TPSA) is 41.5 Å². The zero-order valence-electron chi connectivity index (χ0n) is 9.31. The largest absolute Gasteiger partial charge is 0.401 e. The van der Waals surface area contributed by atoms with Crippen molar-refractivity contribution in [2.75, 3.05) is 20.3 Å². The quantitative estimate of drug-likeness (QED) is 0.783. The lowest BCUT2D eigenvalue weighted by Crippen LogP contribution is -2.55. The number of hydrogen-bond donors (Lipinski definition) is 2. The number of hydrogen-bond acceptors (Lipinski definition) is 3. The van der Waals surface area contributed by atoms with Crippen LogP contribution in [0.3, 0.4) is 0 Å². The molecule has 2 unspecified atom stereocenters. The van der Waals surface area contributed by atoms with Gasteiger partial charge in [-0.05, 0) is 25.7 Å². The highest BCUT2D eigenvalue weighted by molar-refractivity contribution is 4.94. The van der Waals surface area contributed by atoms with Crippen molar-refractivity contribution in [3.05, 3.63) is 0 Å². The number of halogens is 3. The Morgan fingerprint density at radius 3 is 2.69 bits per heavy atom. The summed E-state index contributed by atoms with van der Waals surface area (Å²) in [5, 5.41) is 11.7. The lowest BCUT2D eigenvalue weighted by Gasteiger charge is -2.40. The molecule has 2 atom stereocenters. The third-order valence-electron chi connectivity index (χ3n) is 3.10. The first-order valence-corrected chi connectivity index (χ1v) is 5.36. The second-order valence-corrected chi connectivity index (χ2v) is 4.36. The van der Waals surface area contributed by atoms with Gasteiger partial charge in [0.2, 0.25) is 0 Å². The summed E-state index contributed by atoms with van der Waals surface area (Å²) in [5.41, 5.74) is -0.839. The van der Waals surface area contributed by atoms with Gasteiger partial charge in [-0.2, -0.15) is 13.2 Å². The van der Waals surface area contributed by atoms with E-state index in [-0.39, 0.29) is 12.7 Å². The molecule has 1 fully saturated rings. The molecule has 3 nitrogen and oxygen atoms in total. The first kappa shape index (κ1) is 13.7. The van der Waals surface area contributed by atoms with Crippen molar-refractivity contribution in [3.8, 4) is 0 Å². The molecule has 1 saturated carbocycles. The number of nitrogens with one attached hydrogen (secondary N) is 1. The van der Waals surface area contributed by atoms with Crippen LogP contribution in [0, 0.1) is 0 Å². The molecule has 1 aliphatic rings. The molecule has 2 N–H and O–H groups in total. The Balaban J connectivity index is 2.55. The van der Waals surface area contributed by atoms with Gasteiger partial charge < -0.3 is 15.2 Å². The van der Waals surface area contributed by atoms with Crippen LogP contribution in [0.15, 0.2) is 0 Å². The minimum atomic E-state index is -4.25. The van der Waals surface area contributed by atoms with Crippen molar-refractivity contribution in [1.82, 2.24) is 5.32 Å². The van der Waals surface area contributed by atoms with E-state index in [1.807, 2.05) is 0 Å². The molecule has 1 aliphatic carbocycles. The molecule has 0 bridgehead atoms. The van der Waals surface area contributed by atoms with Crippen LogP contribution in [-0.2, 0) is 4.74 Å². The smallest absolute Gasteiger partial charge is 0.394 e. The van der Waals surface area contributed by atoms with E-state index in [9.17, 15) is 18.3 Å². The lowest BCUT2D eigenvalue weighted by molar-refractivity contribution is -0.132. The second-order valence-electron chi connectivity index (χ2n) is 4.36. The van der Waals surface area contributed by atoms with E-state index in [0.717, 1.165) is 12.8 Å². The van der Waals surface area contributed by atoms with E-state index in [2.05, 4.69) is 5.32 Å². The van der Waals surface area contributed by atoms with Crippen molar-refractivity contribution in [2.45, 2.75) is 43.5 Å². The van der Waals surface area contributed by atoms with Crippen LogP contribution >= 0.6 is 0 Å². The Labute approximate surface area is 93.0 Å². The molecule has 6 heteroatoms. The molecule has 0 amide bonds. The van der Waals surface area contributed by atoms with E-state index in [1.54, 1.807) is 7.11 Å². The SMILES string of the molecule is COC1CCCC(CO)(NCC(F)(F)F)C1. The Morgan fingerprint density at radius 2 is 2.19 bits per heavy atom. The maximum Gasteiger partial charge on any atom is 0.401 e. The predicted octanol–water partition coefficient (Wildman–Crippen LogP) is 1.46. The van der Waals surface area contributed by atoms with Gasteiger partial charge in [0.25, 0.3) is 0 Å². The Bertz CT molecular complexity index is 223. The van der Waals surface area contributed by atoms with Crippen LogP contribution < -0.4 is 5.32 Å². The summed E-state index contributed by atoms with van der Waals surface area (Å²) in [6.45, 7) is -1.35. The minimum Gasteiger partial charge on any atom is -0.394 e. The van der Waals surface area contributed by atoms with Crippen molar-refractivity contribution >= 4 is 0 Å². The van der Waals surface area contributed by atoms with Gasteiger partial charge in [0.15, 0.2) is 0 Å². The fourth-order valence-corrected chi connectivity index (χ4v) is 2.16. The van der Waals surface area contributed by atoms with Gasteiger partial charge >= 0.3 is 6.18 Å². The number of alkyl halides is 3. The Kier molecular flexibility index (Phi) is 4.58. The van der Waals surface area contributed by atoms with Gasteiger partial charge in [0.05, 0.1) is 19.3 Å². The molecule has 0 saturated heterocycles. The van der Waals surface area contributed by atoms with Crippen molar-refractivity contribution < 1.29 is 23.0 Å². The Hall–Kier alpha value is -0.330. The minimum absolute atomic E-state index is 0.0679. The third kappa shape index (κ3) is 3.92. The third-order valence-corrected chi connectivity index (χ3v) is 3.10. The second kappa shape index (κ2) is 5.33.